The summed E-state index contributed by atoms with van der Waals surface area (Å²) in [6.45, 7) is -0.401. The molecule has 7 nitrogen and oxygen atoms in total. The highest BCUT2D eigenvalue weighted by Crippen LogP contribution is 2.35. The molecule has 0 bridgehead atoms. The minimum atomic E-state index is -4.55. The normalized spacial score (nSPS) is 11.4. The zero-order valence-electron chi connectivity index (χ0n) is 13.3. The molecule has 0 aliphatic heterocycles. The molecule has 27 heavy (non-hydrogen) atoms. The Kier molecular flexibility index (Phi) is 5.00. The van der Waals surface area contributed by atoms with Gasteiger partial charge in [0, 0.05) is 10.6 Å². The van der Waals surface area contributed by atoms with Gasteiger partial charge in [0.25, 0.3) is 5.82 Å². The summed E-state index contributed by atoms with van der Waals surface area (Å²) in [7, 11) is 0. The molecular formula is C16H10ClF3N4O3. The predicted molar refractivity (Wildman–Crippen MR) is 86.9 cm³/mol. The second-order valence-corrected chi connectivity index (χ2v) is 5.63. The van der Waals surface area contributed by atoms with Crippen LogP contribution in [0, 0.1) is 0 Å². The lowest BCUT2D eigenvalue weighted by molar-refractivity contribution is -0.138. The highest BCUT2D eigenvalue weighted by Gasteiger charge is 2.34. The molecule has 140 valence electrons. The van der Waals surface area contributed by atoms with Gasteiger partial charge in [-0.1, -0.05) is 17.7 Å². The van der Waals surface area contributed by atoms with Crippen molar-refractivity contribution in [1.29, 1.82) is 0 Å². The van der Waals surface area contributed by atoms with Gasteiger partial charge in [-0.05, 0) is 24.3 Å². The number of aromatic carboxylic acids is 1. The molecule has 0 fully saturated rings. The number of alkyl halides is 3. The van der Waals surface area contributed by atoms with E-state index in [2.05, 4.69) is 15.1 Å². The lowest BCUT2D eigenvalue weighted by Crippen LogP contribution is -2.11. The first-order valence-electron chi connectivity index (χ1n) is 7.34. The molecule has 0 aliphatic carbocycles. The second kappa shape index (κ2) is 7.23. The van der Waals surface area contributed by atoms with Gasteiger partial charge < -0.3 is 9.84 Å². The van der Waals surface area contributed by atoms with E-state index in [0.29, 0.717) is 0 Å². The Morgan fingerprint density at radius 2 is 2.00 bits per heavy atom. The third-order valence-electron chi connectivity index (χ3n) is 3.45. The van der Waals surface area contributed by atoms with Crippen LogP contribution in [0.4, 0.5) is 13.2 Å². The van der Waals surface area contributed by atoms with Gasteiger partial charge in [-0.3, -0.25) is 0 Å². The molecule has 0 radical (unpaired) electrons. The van der Waals surface area contributed by atoms with E-state index >= 15 is 0 Å². The van der Waals surface area contributed by atoms with Crippen LogP contribution in [0.5, 0.6) is 5.75 Å². The number of rotatable bonds is 5. The molecule has 0 saturated carbocycles. The van der Waals surface area contributed by atoms with Crippen molar-refractivity contribution in [2.24, 2.45) is 0 Å². The predicted octanol–water partition coefficient (Wildman–Crippen LogP) is 3.61. The van der Waals surface area contributed by atoms with Crippen LogP contribution in [0.25, 0.3) is 5.82 Å². The fourth-order valence-corrected chi connectivity index (χ4v) is 2.42. The molecule has 0 unspecified atom stereocenters. The van der Waals surface area contributed by atoms with Crippen LogP contribution in [0.2, 0.25) is 5.02 Å². The average molecular weight is 399 g/mol. The maximum atomic E-state index is 13.1. The number of ether oxygens (including phenoxy) is 1. The summed E-state index contributed by atoms with van der Waals surface area (Å²) in [5.41, 5.74) is -1.05. The molecule has 0 atom stereocenters. The van der Waals surface area contributed by atoms with Gasteiger partial charge in [0.15, 0.2) is 5.82 Å². The molecular weight excluding hydrogens is 389 g/mol. The average Bonchev–Trinajstić information content (AvgIpc) is 3.10. The van der Waals surface area contributed by atoms with Crippen LogP contribution in [-0.2, 0) is 12.8 Å². The molecule has 0 spiro atoms. The fourth-order valence-electron chi connectivity index (χ4n) is 2.19. The van der Waals surface area contributed by atoms with Crippen molar-refractivity contribution >= 4 is 17.6 Å². The summed E-state index contributed by atoms with van der Waals surface area (Å²) < 4.78 is 45.7. The molecule has 2 heterocycles. The number of carbonyl (C=O) groups is 1. The highest BCUT2D eigenvalue weighted by molar-refractivity contribution is 6.31. The van der Waals surface area contributed by atoms with E-state index < -0.39 is 30.1 Å². The van der Waals surface area contributed by atoms with Crippen LogP contribution < -0.4 is 4.74 Å². The lowest BCUT2D eigenvalue weighted by Gasteiger charge is -2.15. The Morgan fingerprint density at radius 1 is 1.22 bits per heavy atom. The first-order valence-corrected chi connectivity index (χ1v) is 7.72. The Hall–Kier alpha value is -3.14. The first-order chi connectivity index (χ1) is 12.8. The number of halogens is 4. The molecule has 1 aromatic carbocycles. The van der Waals surface area contributed by atoms with E-state index in [9.17, 15) is 18.0 Å². The number of hydrogen-bond donors (Lipinski definition) is 1. The van der Waals surface area contributed by atoms with Crippen molar-refractivity contribution in [2.75, 3.05) is 0 Å². The number of benzene rings is 1. The Morgan fingerprint density at radius 3 is 2.59 bits per heavy atom. The van der Waals surface area contributed by atoms with E-state index in [-0.39, 0.29) is 22.2 Å². The van der Waals surface area contributed by atoms with E-state index in [1.54, 1.807) is 0 Å². The number of hydrogen-bond acceptors (Lipinski definition) is 5. The van der Waals surface area contributed by atoms with Crippen molar-refractivity contribution in [1.82, 2.24) is 19.7 Å². The Labute approximate surface area is 155 Å². The zero-order chi connectivity index (χ0) is 19.6. The number of carboxylic acid groups (broad SMARTS) is 1. The Balaban J connectivity index is 1.75. The third-order valence-corrected chi connectivity index (χ3v) is 3.80. The van der Waals surface area contributed by atoms with Crippen molar-refractivity contribution in [3.05, 3.63) is 64.8 Å². The lowest BCUT2D eigenvalue weighted by atomic mass is 10.1. The minimum Gasteiger partial charge on any atom is -0.487 e. The van der Waals surface area contributed by atoms with Crippen molar-refractivity contribution < 1.29 is 27.8 Å². The summed E-state index contributed by atoms with van der Waals surface area (Å²) in [5, 5.41) is 12.5. The van der Waals surface area contributed by atoms with E-state index in [1.807, 2.05) is 0 Å². The van der Waals surface area contributed by atoms with Crippen molar-refractivity contribution in [3.8, 4) is 11.6 Å². The molecule has 0 saturated heterocycles. The summed E-state index contributed by atoms with van der Waals surface area (Å²) in [6.07, 6.45) is -2.12. The third kappa shape index (κ3) is 4.17. The quantitative estimate of drug-likeness (QED) is 0.706. The smallest absolute Gasteiger partial charge is 0.416 e. The first kappa shape index (κ1) is 18.6. The molecule has 0 aliphatic rings. The summed E-state index contributed by atoms with van der Waals surface area (Å²) in [4.78, 5) is 18.4. The molecule has 2 aromatic heterocycles. The summed E-state index contributed by atoms with van der Waals surface area (Å²) >= 11 is 5.87. The van der Waals surface area contributed by atoms with Crippen LogP contribution >= 0.6 is 11.6 Å². The van der Waals surface area contributed by atoms with E-state index in [4.69, 9.17) is 21.4 Å². The minimum absolute atomic E-state index is 0.0572. The monoisotopic (exact) mass is 398 g/mol. The Bertz CT molecular complexity index is 974. The van der Waals surface area contributed by atoms with Crippen LogP contribution in [0.3, 0.4) is 0 Å². The van der Waals surface area contributed by atoms with Gasteiger partial charge in [-0.2, -0.15) is 13.2 Å². The largest absolute Gasteiger partial charge is 0.487 e. The number of carboxylic acids is 1. The van der Waals surface area contributed by atoms with Crippen molar-refractivity contribution in [2.45, 2.75) is 12.8 Å². The highest BCUT2D eigenvalue weighted by atomic mass is 35.5. The van der Waals surface area contributed by atoms with Gasteiger partial charge >= 0.3 is 12.1 Å². The summed E-state index contributed by atoms with van der Waals surface area (Å²) in [6, 6.07) is 6.40. The zero-order valence-corrected chi connectivity index (χ0v) is 14.1. The standard InChI is InChI=1S/C16H10ClF3N4O3/c17-12-3-1-2-11(16(18,19)20)10(12)7-27-9-4-5-13(21-6-9)24-8-22-14(23-24)15(25)26/h1-6,8H,7H2,(H,25,26). The molecule has 3 aromatic rings. The number of nitrogens with zero attached hydrogens (tertiary/aromatic N) is 4. The molecule has 3 rings (SSSR count). The maximum absolute atomic E-state index is 13.1. The van der Waals surface area contributed by atoms with E-state index in [1.165, 1.54) is 36.8 Å². The van der Waals surface area contributed by atoms with Gasteiger partial charge in [0.2, 0.25) is 0 Å². The van der Waals surface area contributed by atoms with Crippen LogP contribution in [0.15, 0.2) is 42.9 Å². The van der Waals surface area contributed by atoms with Crippen molar-refractivity contribution in [3.63, 3.8) is 0 Å². The van der Waals surface area contributed by atoms with Gasteiger partial charge in [-0.15, -0.1) is 5.10 Å². The molecule has 11 heteroatoms. The van der Waals surface area contributed by atoms with E-state index in [0.717, 1.165) is 10.7 Å². The van der Waals surface area contributed by atoms with Crippen LogP contribution in [0.1, 0.15) is 21.7 Å². The maximum Gasteiger partial charge on any atom is 0.416 e. The number of pyridine rings is 1. The molecule has 1 N–H and O–H groups in total. The second-order valence-electron chi connectivity index (χ2n) is 5.22. The van der Waals surface area contributed by atoms with Gasteiger partial charge in [0.05, 0.1) is 11.8 Å². The number of aromatic nitrogens is 4. The SMILES string of the molecule is O=C(O)c1ncn(-c2ccc(OCc3c(Cl)cccc3C(F)(F)F)cn2)n1. The fraction of sp³-hybridized carbons (Fsp3) is 0.125. The van der Waals surface area contributed by atoms with Crippen LogP contribution in [-0.4, -0.2) is 30.8 Å². The van der Waals surface area contributed by atoms with Gasteiger partial charge in [-0.25, -0.2) is 19.4 Å². The molecule has 0 amide bonds. The summed E-state index contributed by atoms with van der Waals surface area (Å²) in [5.74, 6) is -1.22. The topological polar surface area (TPSA) is 90.1 Å². The van der Waals surface area contributed by atoms with Gasteiger partial charge in [0.1, 0.15) is 18.7 Å².